The van der Waals surface area contributed by atoms with Crippen LogP contribution >= 0.6 is 0 Å². The lowest BCUT2D eigenvalue weighted by Gasteiger charge is -2.05. The van der Waals surface area contributed by atoms with Gasteiger partial charge in [0.25, 0.3) is 0 Å². The lowest BCUT2D eigenvalue weighted by molar-refractivity contribution is 0.477. The molecule has 2 aromatic carbocycles. The molecule has 0 aliphatic heterocycles. The number of guanidine groups is 1. The summed E-state index contributed by atoms with van der Waals surface area (Å²) in [5, 5.41) is 7.18. The van der Waals surface area contributed by atoms with Crippen LogP contribution in [0.25, 0.3) is 0 Å². The summed E-state index contributed by atoms with van der Waals surface area (Å²) in [6.45, 7) is 0. The standard InChI is InChI=1S/C14H13FN4O/c15-11-2-1-3-13(8-11)20-12-6-4-10(5-7-12)9-18-19-14(16)17/h1-9H,(H4,16,17,19). The van der Waals surface area contributed by atoms with Gasteiger partial charge < -0.3 is 16.2 Å². The predicted molar refractivity (Wildman–Crippen MR) is 76.3 cm³/mol. The minimum Gasteiger partial charge on any atom is -0.457 e. The summed E-state index contributed by atoms with van der Waals surface area (Å²) >= 11 is 0. The SMILES string of the molecule is NC(N)=NN=Cc1ccc(Oc2cccc(F)c2)cc1. The highest BCUT2D eigenvalue weighted by Crippen LogP contribution is 2.21. The van der Waals surface area contributed by atoms with Gasteiger partial charge in [0.1, 0.15) is 17.3 Å². The van der Waals surface area contributed by atoms with Gasteiger partial charge in [-0.25, -0.2) is 4.39 Å². The van der Waals surface area contributed by atoms with Gasteiger partial charge in [-0.05, 0) is 42.0 Å². The molecule has 0 fully saturated rings. The minimum atomic E-state index is -0.344. The first-order valence-corrected chi connectivity index (χ1v) is 5.79. The van der Waals surface area contributed by atoms with Crippen LogP contribution in [-0.4, -0.2) is 12.2 Å². The van der Waals surface area contributed by atoms with Crippen molar-refractivity contribution in [1.82, 2.24) is 0 Å². The Morgan fingerprint density at radius 3 is 2.45 bits per heavy atom. The summed E-state index contributed by atoms with van der Waals surface area (Å²) < 4.78 is 18.5. The van der Waals surface area contributed by atoms with E-state index in [1.165, 1.54) is 18.3 Å². The van der Waals surface area contributed by atoms with Crippen molar-refractivity contribution >= 4 is 12.2 Å². The number of hydrogen-bond donors (Lipinski definition) is 2. The number of rotatable bonds is 4. The van der Waals surface area contributed by atoms with Crippen LogP contribution < -0.4 is 16.2 Å². The van der Waals surface area contributed by atoms with E-state index < -0.39 is 0 Å². The number of nitrogens with zero attached hydrogens (tertiary/aromatic N) is 2. The summed E-state index contributed by atoms with van der Waals surface area (Å²) in [6, 6.07) is 13.0. The second kappa shape index (κ2) is 6.33. The third-order valence-electron chi connectivity index (χ3n) is 2.29. The van der Waals surface area contributed by atoms with E-state index in [0.29, 0.717) is 11.5 Å². The van der Waals surface area contributed by atoms with Crippen molar-refractivity contribution in [3.05, 3.63) is 59.9 Å². The number of hydrogen-bond acceptors (Lipinski definition) is 3. The molecule has 0 heterocycles. The van der Waals surface area contributed by atoms with Crippen molar-refractivity contribution in [1.29, 1.82) is 0 Å². The molecule has 0 saturated carbocycles. The largest absolute Gasteiger partial charge is 0.457 e. The van der Waals surface area contributed by atoms with Crippen LogP contribution in [0.2, 0.25) is 0 Å². The van der Waals surface area contributed by atoms with E-state index in [4.69, 9.17) is 16.2 Å². The van der Waals surface area contributed by atoms with Gasteiger partial charge in [0.05, 0.1) is 6.21 Å². The molecular weight excluding hydrogens is 259 g/mol. The number of benzene rings is 2. The van der Waals surface area contributed by atoms with E-state index in [1.54, 1.807) is 36.4 Å². The van der Waals surface area contributed by atoms with Gasteiger partial charge in [-0.1, -0.05) is 6.07 Å². The molecule has 0 aliphatic carbocycles. The molecule has 0 unspecified atom stereocenters. The number of nitrogens with two attached hydrogens (primary N) is 2. The Morgan fingerprint density at radius 1 is 1.05 bits per heavy atom. The topological polar surface area (TPSA) is 86.0 Å². The Balaban J connectivity index is 2.05. The highest BCUT2D eigenvalue weighted by Gasteiger charge is 1.98. The van der Waals surface area contributed by atoms with Gasteiger partial charge >= 0.3 is 0 Å². The second-order valence-corrected chi connectivity index (χ2v) is 3.90. The molecule has 0 bridgehead atoms. The van der Waals surface area contributed by atoms with Crippen LogP contribution in [0, 0.1) is 5.82 Å². The maximum absolute atomic E-state index is 13.0. The highest BCUT2D eigenvalue weighted by atomic mass is 19.1. The first-order chi connectivity index (χ1) is 9.63. The Kier molecular flexibility index (Phi) is 4.28. The van der Waals surface area contributed by atoms with Crippen molar-refractivity contribution in [2.75, 3.05) is 0 Å². The summed E-state index contributed by atoms with van der Waals surface area (Å²) in [5.74, 6) is 0.581. The lowest BCUT2D eigenvalue weighted by atomic mass is 10.2. The van der Waals surface area contributed by atoms with Crippen molar-refractivity contribution in [3.63, 3.8) is 0 Å². The molecule has 0 atom stereocenters. The van der Waals surface area contributed by atoms with Crippen molar-refractivity contribution in [2.24, 2.45) is 21.7 Å². The molecule has 4 N–H and O–H groups in total. The van der Waals surface area contributed by atoms with Crippen molar-refractivity contribution in [2.45, 2.75) is 0 Å². The molecule has 2 rings (SSSR count). The number of ether oxygens (including phenoxy) is 1. The van der Waals surface area contributed by atoms with Crippen LogP contribution in [0.3, 0.4) is 0 Å². The van der Waals surface area contributed by atoms with Gasteiger partial charge in [0, 0.05) is 6.07 Å². The van der Waals surface area contributed by atoms with Crippen molar-refractivity contribution in [3.8, 4) is 11.5 Å². The smallest absolute Gasteiger partial charge is 0.211 e. The van der Waals surface area contributed by atoms with Gasteiger partial charge in [0.2, 0.25) is 5.96 Å². The van der Waals surface area contributed by atoms with Gasteiger partial charge in [-0.15, -0.1) is 5.10 Å². The zero-order valence-corrected chi connectivity index (χ0v) is 10.5. The molecule has 102 valence electrons. The second-order valence-electron chi connectivity index (χ2n) is 3.90. The van der Waals surface area contributed by atoms with Crippen LogP contribution in [0.5, 0.6) is 11.5 Å². The lowest BCUT2D eigenvalue weighted by Crippen LogP contribution is -2.21. The van der Waals surface area contributed by atoms with Crippen LogP contribution in [0.4, 0.5) is 4.39 Å². The molecule has 0 aliphatic rings. The fourth-order valence-electron chi connectivity index (χ4n) is 1.45. The fourth-order valence-corrected chi connectivity index (χ4v) is 1.45. The first kappa shape index (κ1) is 13.5. The Labute approximate surface area is 115 Å². The Bertz CT molecular complexity index is 634. The maximum Gasteiger partial charge on any atom is 0.211 e. The third-order valence-corrected chi connectivity index (χ3v) is 2.29. The average Bonchev–Trinajstić information content (AvgIpc) is 2.40. The monoisotopic (exact) mass is 272 g/mol. The molecule has 0 radical (unpaired) electrons. The molecule has 0 saturated heterocycles. The maximum atomic E-state index is 13.0. The molecule has 6 heteroatoms. The zero-order valence-electron chi connectivity index (χ0n) is 10.5. The van der Waals surface area contributed by atoms with E-state index >= 15 is 0 Å². The van der Waals surface area contributed by atoms with E-state index in [-0.39, 0.29) is 11.8 Å². The molecule has 0 aromatic heterocycles. The van der Waals surface area contributed by atoms with E-state index in [1.807, 2.05) is 0 Å². The zero-order chi connectivity index (χ0) is 14.4. The fraction of sp³-hybridized carbons (Fsp3) is 0. The van der Waals surface area contributed by atoms with Crippen LogP contribution in [0.1, 0.15) is 5.56 Å². The first-order valence-electron chi connectivity index (χ1n) is 5.79. The summed E-state index contributed by atoms with van der Waals surface area (Å²) in [4.78, 5) is 0. The minimum absolute atomic E-state index is 0.104. The Hall–Kier alpha value is -2.89. The Morgan fingerprint density at radius 2 is 1.80 bits per heavy atom. The molecule has 0 amide bonds. The quantitative estimate of drug-likeness (QED) is 0.508. The van der Waals surface area contributed by atoms with Crippen molar-refractivity contribution < 1.29 is 9.13 Å². The molecule has 0 spiro atoms. The molecular formula is C14H13FN4O. The average molecular weight is 272 g/mol. The van der Waals surface area contributed by atoms with Gasteiger partial charge in [-0.3, -0.25) is 0 Å². The van der Waals surface area contributed by atoms with E-state index in [2.05, 4.69) is 10.2 Å². The number of halogens is 1. The van der Waals surface area contributed by atoms with Gasteiger partial charge in [0.15, 0.2) is 0 Å². The summed E-state index contributed by atoms with van der Waals surface area (Å²) in [5.41, 5.74) is 11.1. The van der Waals surface area contributed by atoms with Gasteiger partial charge in [-0.2, -0.15) is 5.10 Å². The predicted octanol–water partition coefficient (Wildman–Crippen LogP) is 2.23. The van der Waals surface area contributed by atoms with E-state index in [0.717, 1.165) is 5.56 Å². The molecule has 20 heavy (non-hydrogen) atoms. The molecule has 2 aromatic rings. The summed E-state index contributed by atoms with van der Waals surface area (Å²) in [6.07, 6.45) is 1.51. The van der Waals surface area contributed by atoms with E-state index in [9.17, 15) is 4.39 Å². The highest BCUT2D eigenvalue weighted by molar-refractivity contribution is 5.81. The third kappa shape index (κ3) is 4.09. The normalized spacial score (nSPS) is 10.4. The summed E-state index contributed by atoms with van der Waals surface area (Å²) in [7, 11) is 0. The van der Waals surface area contributed by atoms with Crippen LogP contribution in [-0.2, 0) is 0 Å². The molecule has 5 nitrogen and oxygen atoms in total. The van der Waals surface area contributed by atoms with Crippen LogP contribution in [0.15, 0.2) is 58.7 Å².